The Morgan fingerprint density at radius 3 is 2.47 bits per heavy atom. The van der Waals surface area contributed by atoms with Crippen molar-refractivity contribution in [2.45, 2.75) is 46.6 Å². The molecule has 0 aromatic heterocycles. The van der Waals surface area contributed by atoms with E-state index < -0.39 is 11.9 Å². The Bertz CT molecular complexity index is 331. The van der Waals surface area contributed by atoms with Crippen LogP contribution in [0.1, 0.15) is 40.5 Å². The first kappa shape index (κ1) is 15.8. The number of aliphatic carboxylic acids is 1. The van der Waals surface area contributed by atoms with Crippen LogP contribution in [0.5, 0.6) is 0 Å². The number of nitrogens with one attached hydrogen (secondary N) is 1. The molecule has 0 radical (unpaired) electrons. The van der Waals surface area contributed by atoms with E-state index in [9.17, 15) is 9.59 Å². The first-order chi connectivity index (χ1) is 8.82. The molecule has 0 aromatic carbocycles. The lowest BCUT2D eigenvalue weighted by molar-refractivity contribution is -0.142. The number of likely N-dealkylation sites (tertiary alicyclic amines) is 1. The molecule has 5 heteroatoms. The molecule has 3 atom stereocenters. The summed E-state index contributed by atoms with van der Waals surface area (Å²) in [6.45, 7) is 8.85. The van der Waals surface area contributed by atoms with Crippen molar-refractivity contribution < 1.29 is 14.7 Å². The zero-order valence-corrected chi connectivity index (χ0v) is 12.3. The zero-order chi connectivity index (χ0) is 14.6. The predicted octanol–water partition coefficient (Wildman–Crippen LogP) is 2.17. The van der Waals surface area contributed by atoms with Gasteiger partial charge in [-0.25, -0.2) is 4.79 Å². The molecule has 110 valence electrons. The molecule has 1 rings (SSSR count). The van der Waals surface area contributed by atoms with Crippen LogP contribution in [0.4, 0.5) is 4.79 Å². The van der Waals surface area contributed by atoms with E-state index in [2.05, 4.69) is 12.2 Å². The molecule has 1 aliphatic rings. The lowest BCUT2D eigenvalue weighted by Gasteiger charge is -2.37. The van der Waals surface area contributed by atoms with Crippen LogP contribution < -0.4 is 5.32 Å². The maximum atomic E-state index is 12.1. The van der Waals surface area contributed by atoms with Gasteiger partial charge in [0.1, 0.15) is 0 Å². The number of carboxylic acids is 1. The third kappa shape index (κ3) is 4.40. The van der Waals surface area contributed by atoms with E-state index in [1.807, 2.05) is 25.7 Å². The van der Waals surface area contributed by atoms with Crippen LogP contribution in [-0.2, 0) is 4.79 Å². The Balaban J connectivity index is 2.52. The predicted molar refractivity (Wildman–Crippen MR) is 73.9 cm³/mol. The zero-order valence-electron chi connectivity index (χ0n) is 12.3. The minimum Gasteiger partial charge on any atom is -0.481 e. The van der Waals surface area contributed by atoms with E-state index in [4.69, 9.17) is 5.11 Å². The molecular weight excluding hydrogens is 244 g/mol. The van der Waals surface area contributed by atoms with Crippen LogP contribution in [0, 0.1) is 17.8 Å². The quantitative estimate of drug-likeness (QED) is 0.822. The molecule has 1 fully saturated rings. The highest BCUT2D eigenvalue weighted by Gasteiger charge is 2.28. The van der Waals surface area contributed by atoms with Crippen LogP contribution in [-0.4, -0.2) is 41.1 Å². The first-order valence-electron chi connectivity index (χ1n) is 7.10. The van der Waals surface area contributed by atoms with E-state index in [1.165, 1.54) is 0 Å². The molecule has 0 bridgehead atoms. The standard InChI is InChI=1S/C14H26N2O3/c1-9(2)12(13(17)18)7-15-14(19)16-8-10(3)5-6-11(16)4/h9-12H,5-8H2,1-4H3,(H,15,19)(H,17,18). The summed E-state index contributed by atoms with van der Waals surface area (Å²) in [5.41, 5.74) is 0. The van der Waals surface area contributed by atoms with Crippen LogP contribution in [0.3, 0.4) is 0 Å². The number of hydrogen-bond acceptors (Lipinski definition) is 2. The van der Waals surface area contributed by atoms with Gasteiger partial charge in [0.15, 0.2) is 0 Å². The van der Waals surface area contributed by atoms with Gasteiger partial charge in [-0.05, 0) is 31.6 Å². The monoisotopic (exact) mass is 270 g/mol. The number of rotatable bonds is 4. The van der Waals surface area contributed by atoms with Gasteiger partial charge in [-0.1, -0.05) is 20.8 Å². The van der Waals surface area contributed by atoms with Gasteiger partial charge in [0.2, 0.25) is 0 Å². The number of carboxylic acid groups (broad SMARTS) is 1. The summed E-state index contributed by atoms with van der Waals surface area (Å²) in [4.78, 5) is 25.0. The molecule has 1 heterocycles. The second-order valence-electron chi connectivity index (χ2n) is 6.06. The largest absolute Gasteiger partial charge is 0.481 e. The molecule has 2 amide bonds. The third-order valence-electron chi connectivity index (χ3n) is 3.97. The molecule has 3 unspecified atom stereocenters. The summed E-state index contributed by atoms with van der Waals surface area (Å²) in [6.07, 6.45) is 2.16. The summed E-state index contributed by atoms with van der Waals surface area (Å²) in [5, 5.41) is 11.9. The summed E-state index contributed by atoms with van der Waals surface area (Å²) in [5.74, 6) is -0.852. The molecule has 5 nitrogen and oxygen atoms in total. The van der Waals surface area contributed by atoms with Crippen molar-refractivity contribution in [2.24, 2.45) is 17.8 Å². The van der Waals surface area contributed by atoms with Gasteiger partial charge in [-0.15, -0.1) is 0 Å². The van der Waals surface area contributed by atoms with Crippen molar-refractivity contribution in [3.8, 4) is 0 Å². The average molecular weight is 270 g/mol. The van der Waals surface area contributed by atoms with Crippen molar-refractivity contribution in [2.75, 3.05) is 13.1 Å². The second kappa shape index (κ2) is 6.78. The number of hydrogen-bond donors (Lipinski definition) is 2. The van der Waals surface area contributed by atoms with Crippen molar-refractivity contribution >= 4 is 12.0 Å². The average Bonchev–Trinajstić information content (AvgIpc) is 2.31. The molecule has 0 saturated carbocycles. The van der Waals surface area contributed by atoms with Gasteiger partial charge in [-0.3, -0.25) is 4.79 Å². The SMILES string of the molecule is CC1CCC(C)N(C(=O)NCC(C(=O)O)C(C)C)C1. The molecular formula is C14H26N2O3. The highest BCUT2D eigenvalue weighted by Crippen LogP contribution is 2.21. The van der Waals surface area contributed by atoms with Crippen molar-refractivity contribution in [3.63, 3.8) is 0 Å². The van der Waals surface area contributed by atoms with Gasteiger partial charge in [0, 0.05) is 19.1 Å². The van der Waals surface area contributed by atoms with Crippen molar-refractivity contribution in [1.82, 2.24) is 10.2 Å². The van der Waals surface area contributed by atoms with E-state index in [0.29, 0.717) is 5.92 Å². The van der Waals surface area contributed by atoms with Gasteiger partial charge >= 0.3 is 12.0 Å². The fourth-order valence-corrected chi connectivity index (χ4v) is 2.48. The summed E-state index contributed by atoms with van der Waals surface area (Å²) >= 11 is 0. The van der Waals surface area contributed by atoms with Gasteiger partial charge in [0.25, 0.3) is 0 Å². The number of piperidine rings is 1. The molecule has 1 aliphatic heterocycles. The van der Waals surface area contributed by atoms with E-state index in [-0.39, 0.29) is 24.5 Å². The smallest absolute Gasteiger partial charge is 0.317 e. The van der Waals surface area contributed by atoms with Crippen molar-refractivity contribution in [1.29, 1.82) is 0 Å². The van der Waals surface area contributed by atoms with Crippen LogP contribution >= 0.6 is 0 Å². The minimum absolute atomic E-state index is 0.00972. The molecule has 0 spiro atoms. The summed E-state index contributed by atoms with van der Waals surface area (Å²) < 4.78 is 0. The molecule has 19 heavy (non-hydrogen) atoms. The maximum Gasteiger partial charge on any atom is 0.317 e. The van der Waals surface area contributed by atoms with Gasteiger partial charge in [-0.2, -0.15) is 0 Å². The Morgan fingerprint density at radius 2 is 1.95 bits per heavy atom. The van der Waals surface area contributed by atoms with Crippen LogP contribution in [0.25, 0.3) is 0 Å². The summed E-state index contributed by atoms with van der Waals surface area (Å²) in [6, 6.07) is 0.101. The molecule has 1 saturated heterocycles. The maximum absolute atomic E-state index is 12.1. The van der Waals surface area contributed by atoms with E-state index >= 15 is 0 Å². The molecule has 0 aliphatic carbocycles. The summed E-state index contributed by atoms with van der Waals surface area (Å²) in [7, 11) is 0. The number of urea groups is 1. The second-order valence-corrected chi connectivity index (χ2v) is 6.06. The Labute approximate surface area is 115 Å². The van der Waals surface area contributed by atoms with E-state index in [1.54, 1.807) is 0 Å². The van der Waals surface area contributed by atoms with Crippen LogP contribution in [0.15, 0.2) is 0 Å². The first-order valence-corrected chi connectivity index (χ1v) is 7.10. The van der Waals surface area contributed by atoms with E-state index in [0.717, 1.165) is 19.4 Å². The number of amides is 2. The number of carbonyl (C=O) groups is 2. The Morgan fingerprint density at radius 1 is 1.32 bits per heavy atom. The lowest BCUT2D eigenvalue weighted by atomic mass is 9.95. The number of carbonyl (C=O) groups excluding carboxylic acids is 1. The molecule has 0 aromatic rings. The number of nitrogens with zero attached hydrogens (tertiary/aromatic N) is 1. The normalized spacial score (nSPS) is 25.2. The fourth-order valence-electron chi connectivity index (χ4n) is 2.48. The highest BCUT2D eigenvalue weighted by molar-refractivity contribution is 5.76. The fraction of sp³-hybridized carbons (Fsp3) is 0.857. The van der Waals surface area contributed by atoms with Gasteiger partial charge < -0.3 is 15.3 Å². The molecule has 2 N–H and O–H groups in total. The highest BCUT2D eigenvalue weighted by atomic mass is 16.4. The Hall–Kier alpha value is -1.26. The third-order valence-corrected chi connectivity index (χ3v) is 3.97. The van der Waals surface area contributed by atoms with Gasteiger partial charge in [0.05, 0.1) is 5.92 Å². The topological polar surface area (TPSA) is 69.6 Å². The van der Waals surface area contributed by atoms with Crippen molar-refractivity contribution in [3.05, 3.63) is 0 Å². The Kier molecular flexibility index (Phi) is 5.63. The minimum atomic E-state index is -0.852. The van der Waals surface area contributed by atoms with Crippen LogP contribution in [0.2, 0.25) is 0 Å². The lowest BCUT2D eigenvalue weighted by Crippen LogP contribution is -2.51.